The Morgan fingerprint density at radius 3 is 2.21 bits per heavy atom. The van der Waals surface area contributed by atoms with Gasteiger partial charge in [-0.25, -0.2) is 0 Å². The fourth-order valence-electron chi connectivity index (χ4n) is 2.25. The van der Waals surface area contributed by atoms with Crippen LogP contribution in [-0.4, -0.2) is 19.3 Å². The van der Waals surface area contributed by atoms with Gasteiger partial charge in [0.2, 0.25) is 0 Å². The number of hydrogen-bond acceptors (Lipinski definition) is 1. The second-order valence-electron chi connectivity index (χ2n) is 4.28. The first-order valence-corrected chi connectivity index (χ1v) is 5.25. The van der Waals surface area contributed by atoms with Crippen molar-refractivity contribution in [3.05, 3.63) is 0 Å². The van der Waals surface area contributed by atoms with E-state index in [1.54, 1.807) is 0 Å². The maximum absolute atomic E-state index is 11.9. The van der Waals surface area contributed by atoms with Gasteiger partial charge in [0.15, 0.2) is 0 Å². The monoisotopic (exact) mass is 209 g/mol. The molecule has 0 amide bonds. The molecule has 0 spiro atoms. The Labute approximate surface area is 83.1 Å². The van der Waals surface area contributed by atoms with E-state index in [2.05, 4.69) is 12.2 Å². The second-order valence-corrected chi connectivity index (χ2v) is 4.28. The molecule has 14 heavy (non-hydrogen) atoms. The maximum atomic E-state index is 11.9. The van der Waals surface area contributed by atoms with Gasteiger partial charge in [-0.3, -0.25) is 0 Å². The molecule has 1 nitrogen and oxygen atoms in total. The van der Waals surface area contributed by atoms with Gasteiger partial charge in [0.1, 0.15) is 0 Å². The quantitative estimate of drug-likeness (QED) is 0.750. The van der Waals surface area contributed by atoms with Crippen molar-refractivity contribution in [1.29, 1.82) is 0 Å². The lowest BCUT2D eigenvalue weighted by Gasteiger charge is -2.28. The van der Waals surface area contributed by atoms with E-state index < -0.39 is 12.7 Å². The molecule has 0 saturated heterocycles. The van der Waals surface area contributed by atoms with E-state index in [-0.39, 0.29) is 5.41 Å². The van der Waals surface area contributed by atoms with Crippen LogP contribution >= 0.6 is 0 Å². The molecule has 0 atom stereocenters. The number of nitrogens with one attached hydrogen (secondary N) is 1. The Balaban J connectivity index is 2.28. The summed E-state index contributed by atoms with van der Waals surface area (Å²) in [4.78, 5) is 0. The van der Waals surface area contributed by atoms with E-state index in [0.29, 0.717) is 6.54 Å². The predicted molar refractivity (Wildman–Crippen MR) is 50.1 cm³/mol. The number of halogens is 3. The summed E-state index contributed by atoms with van der Waals surface area (Å²) in [7, 11) is 0. The lowest BCUT2D eigenvalue weighted by molar-refractivity contribution is -0.125. The van der Waals surface area contributed by atoms with Crippen molar-refractivity contribution in [2.24, 2.45) is 5.41 Å². The molecule has 1 N–H and O–H groups in total. The summed E-state index contributed by atoms with van der Waals surface area (Å²) in [5.41, 5.74) is 0.144. The summed E-state index contributed by atoms with van der Waals surface area (Å²) in [5.74, 6) is 0. The zero-order valence-electron chi connectivity index (χ0n) is 8.58. The molecular formula is C10H18F3N. The van der Waals surface area contributed by atoms with Crippen LogP contribution in [0.15, 0.2) is 0 Å². The zero-order valence-corrected chi connectivity index (χ0v) is 8.58. The zero-order chi connectivity index (χ0) is 10.7. The molecule has 4 heteroatoms. The molecule has 0 heterocycles. The summed E-state index contributed by atoms with van der Waals surface area (Å²) in [6.45, 7) is 1.73. The van der Waals surface area contributed by atoms with E-state index in [9.17, 15) is 13.2 Å². The van der Waals surface area contributed by atoms with Gasteiger partial charge >= 0.3 is 6.18 Å². The predicted octanol–water partition coefficient (Wildman–Crippen LogP) is 3.11. The van der Waals surface area contributed by atoms with Crippen LogP contribution in [0.3, 0.4) is 0 Å². The standard InChI is InChI=1S/C10H18F3N/c1-2-9(5-3-4-6-9)7-14-8-10(11,12)13/h14H,2-8H2,1H3. The van der Waals surface area contributed by atoms with Crippen molar-refractivity contribution in [3.63, 3.8) is 0 Å². The second kappa shape index (κ2) is 4.51. The molecule has 84 valence electrons. The van der Waals surface area contributed by atoms with Crippen molar-refractivity contribution in [2.45, 2.75) is 45.2 Å². The lowest BCUT2D eigenvalue weighted by Crippen LogP contribution is -2.37. The molecule has 0 aromatic rings. The van der Waals surface area contributed by atoms with Gasteiger partial charge < -0.3 is 5.32 Å². The van der Waals surface area contributed by atoms with Crippen molar-refractivity contribution in [2.75, 3.05) is 13.1 Å². The Hall–Kier alpha value is -0.250. The molecule has 0 aromatic carbocycles. The molecule has 1 rings (SSSR count). The van der Waals surface area contributed by atoms with Gasteiger partial charge in [-0.05, 0) is 24.7 Å². The minimum atomic E-state index is -4.08. The third-order valence-electron chi connectivity index (χ3n) is 3.24. The van der Waals surface area contributed by atoms with Crippen molar-refractivity contribution < 1.29 is 13.2 Å². The van der Waals surface area contributed by atoms with Crippen molar-refractivity contribution in [3.8, 4) is 0 Å². The third-order valence-corrected chi connectivity index (χ3v) is 3.24. The summed E-state index contributed by atoms with van der Waals surface area (Å²) >= 11 is 0. The minimum Gasteiger partial charge on any atom is -0.308 e. The summed E-state index contributed by atoms with van der Waals surface area (Å²) < 4.78 is 35.7. The minimum absolute atomic E-state index is 0.144. The van der Waals surface area contributed by atoms with Crippen LogP contribution in [0.4, 0.5) is 13.2 Å². The Morgan fingerprint density at radius 2 is 1.79 bits per heavy atom. The Bertz CT molecular complexity index is 171. The first kappa shape index (κ1) is 11.8. The molecule has 0 aromatic heterocycles. The average molecular weight is 209 g/mol. The van der Waals surface area contributed by atoms with Crippen LogP contribution < -0.4 is 5.32 Å². The first-order chi connectivity index (χ1) is 6.47. The molecule has 0 radical (unpaired) electrons. The van der Waals surface area contributed by atoms with Gasteiger partial charge in [0, 0.05) is 6.54 Å². The molecule has 1 aliphatic carbocycles. The lowest BCUT2D eigenvalue weighted by atomic mass is 9.83. The molecular weight excluding hydrogens is 191 g/mol. The fourth-order valence-corrected chi connectivity index (χ4v) is 2.25. The van der Waals surface area contributed by atoms with Crippen LogP contribution in [-0.2, 0) is 0 Å². The third kappa shape index (κ3) is 3.48. The smallest absolute Gasteiger partial charge is 0.308 e. The van der Waals surface area contributed by atoms with Crippen LogP contribution in [0.2, 0.25) is 0 Å². The largest absolute Gasteiger partial charge is 0.401 e. The highest BCUT2D eigenvalue weighted by atomic mass is 19.4. The van der Waals surface area contributed by atoms with E-state index >= 15 is 0 Å². The fraction of sp³-hybridized carbons (Fsp3) is 1.00. The topological polar surface area (TPSA) is 12.0 Å². The van der Waals surface area contributed by atoms with Crippen molar-refractivity contribution >= 4 is 0 Å². The summed E-state index contributed by atoms with van der Waals surface area (Å²) in [6.07, 6.45) is 1.40. The number of hydrogen-bond donors (Lipinski definition) is 1. The van der Waals surface area contributed by atoms with E-state index in [1.165, 1.54) is 12.8 Å². The Kier molecular flexibility index (Phi) is 3.81. The maximum Gasteiger partial charge on any atom is 0.401 e. The molecule has 1 saturated carbocycles. The molecule has 0 aliphatic heterocycles. The normalized spacial score (nSPS) is 21.4. The highest BCUT2D eigenvalue weighted by Gasteiger charge is 2.33. The van der Waals surface area contributed by atoms with Gasteiger partial charge in [0.05, 0.1) is 6.54 Å². The van der Waals surface area contributed by atoms with Crippen LogP contribution in [0.5, 0.6) is 0 Å². The van der Waals surface area contributed by atoms with E-state index in [4.69, 9.17) is 0 Å². The molecule has 0 bridgehead atoms. The van der Waals surface area contributed by atoms with Crippen LogP contribution in [0.25, 0.3) is 0 Å². The molecule has 1 aliphatic rings. The van der Waals surface area contributed by atoms with Gasteiger partial charge in [-0.2, -0.15) is 13.2 Å². The van der Waals surface area contributed by atoms with Gasteiger partial charge in [-0.1, -0.05) is 19.8 Å². The number of rotatable bonds is 4. The van der Waals surface area contributed by atoms with Gasteiger partial charge in [-0.15, -0.1) is 0 Å². The van der Waals surface area contributed by atoms with E-state index in [1.807, 2.05) is 0 Å². The van der Waals surface area contributed by atoms with Gasteiger partial charge in [0.25, 0.3) is 0 Å². The molecule has 0 unspecified atom stereocenters. The number of alkyl halides is 3. The SMILES string of the molecule is CCC1(CNCC(F)(F)F)CCCC1. The first-order valence-electron chi connectivity index (χ1n) is 5.25. The Morgan fingerprint density at radius 1 is 1.21 bits per heavy atom. The van der Waals surface area contributed by atoms with Crippen molar-refractivity contribution in [1.82, 2.24) is 5.32 Å². The van der Waals surface area contributed by atoms with Crippen LogP contribution in [0, 0.1) is 5.41 Å². The average Bonchev–Trinajstić information content (AvgIpc) is 2.52. The summed E-state index contributed by atoms with van der Waals surface area (Å²) in [5, 5.41) is 2.53. The molecule has 1 fully saturated rings. The highest BCUT2D eigenvalue weighted by molar-refractivity contribution is 4.85. The summed E-state index contributed by atoms with van der Waals surface area (Å²) in [6, 6.07) is 0. The van der Waals surface area contributed by atoms with E-state index in [0.717, 1.165) is 19.3 Å². The highest BCUT2D eigenvalue weighted by Crippen LogP contribution is 2.40. The van der Waals surface area contributed by atoms with Crippen LogP contribution in [0.1, 0.15) is 39.0 Å².